The predicted molar refractivity (Wildman–Crippen MR) is 128 cm³/mol. The van der Waals surface area contributed by atoms with Crippen molar-refractivity contribution in [1.82, 2.24) is 0 Å². The van der Waals surface area contributed by atoms with Crippen LogP contribution < -0.4 is 9.91 Å². The Labute approximate surface area is 197 Å². The first-order chi connectivity index (χ1) is 16.6. The van der Waals surface area contributed by atoms with Gasteiger partial charge in [0.05, 0.1) is 53.1 Å². The number of hydrazone groups is 1. The van der Waals surface area contributed by atoms with Gasteiger partial charge in [0.15, 0.2) is 0 Å². The monoisotopic (exact) mass is 449 g/mol. The quantitative estimate of drug-likeness (QED) is 0.571. The first kappa shape index (κ1) is 19.7. The van der Waals surface area contributed by atoms with Crippen LogP contribution in [0.5, 0.6) is 0 Å². The lowest BCUT2D eigenvalue weighted by Crippen LogP contribution is -2.50. The number of carbonyl (C=O) groups is 2. The van der Waals surface area contributed by atoms with Crippen molar-refractivity contribution in [2.45, 2.75) is 25.2 Å². The minimum atomic E-state index is -0.489. The van der Waals surface area contributed by atoms with Crippen molar-refractivity contribution in [3.63, 3.8) is 0 Å². The van der Waals surface area contributed by atoms with Gasteiger partial charge in [0.2, 0.25) is 11.8 Å². The molecule has 3 aromatic carbocycles. The van der Waals surface area contributed by atoms with Crippen molar-refractivity contribution in [3.8, 4) is 0 Å². The summed E-state index contributed by atoms with van der Waals surface area (Å²) in [6.07, 6.45) is -0.767. The zero-order valence-electron chi connectivity index (χ0n) is 18.6. The minimum absolute atomic E-state index is 0.0800. The van der Waals surface area contributed by atoms with Gasteiger partial charge in [-0.3, -0.25) is 14.6 Å². The highest BCUT2D eigenvalue weighted by atomic mass is 16.5. The second kappa shape index (κ2) is 7.11. The van der Waals surface area contributed by atoms with Crippen molar-refractivity contribution in [2.75, 3.05) is 9.91 Å². The Morgan fingerprint density at radius 2 is 1.32 bits per heavy atom. The molecule has 0 saturated carbocycles. The molecule has 6 heteroatoms. The van der Waals surface area contributed by atoms with Crippen LogP contribution in [-0.2, 0) is 14.3 Å². The fraction of sp³-hybridized carbons (Fsp3) is 0.250. The van der Waals surface area contributed by atoms with Crippen molar-refractivity contribution >= 4 is 28.9 Å². The van der Waals surface area contributed by atoms with Crippen molar-refractivity contribution in [2.24, 2.45) is 22.9 Å². The number of para-hydroxylation sites is 1. The van der Waals surface area contributed by atoms with E-state index < -0.39 is 17.9 Å². The Bertz CT molecular complexity index is 1320. The number of carbonyl (C=O) groups excluding carboxylic acids is 2. The van der Waals surface area contributed by atoms with E-state index in [1.807, 2.05) is 96.9 Å². The Balaban J connectivity index is 1.32. The average molecular weight is 450 g/mol. The van der Waals surface area contributed by atoms with Crippen LogP contribution in [-0.4, -0.2) is 35.8 Å². The molecule has 6 nitrogen and oxygen atoms in total. The topological polar surface area (TPSA) is 62.2 Å². The van der Waals surface area contributed by atoms with Crippen LogP contribution in [0.15, 0.2) is 90.0 Å². The summed E-state index contributed by atoms with van der Waals surface area (Å²) in [5.41, 5.74) is 4.63. The van der Waals surface area contributed by atoms with E-state index >= 15 is 0 Å². The lowest BCUT2D eigenvalue weighted by molar-refractivity contribution is -0.125. The number of ether oxygens (including phenoxy) is 1. The molecule has 168 valence electrons. The highest BCUT2D eigenvalue weighted by Crippen LogP contribution is 2.56. The fourth-order valence-electron chi connectivity index (χ4n) is 6.23. The van der Waals surface area contributed by atoms with Gasteiger partial charge in [0.25, 0.3) is 0 Å². The highest BCUT2D eigenvalue weighted by Gasteiger charge is 2.72. The van der Waals surface area contributed by atoms with Crippen LogP contribution in [0.3, 0.4) is 0 Å². The van der Waals surface area contributed by atoms with E-state index in [0.29, 0.717) is 5.69 Å². The Hall–Kier alpha value is -3.77. The standard InChI is InChI=1S/C28H23N3O3/c1-16-12-14-18(15-13-16)30-27(32)20-21(28(30)33)26-24-22(25(20)34-26)23(17-8-4-2-5-9-17)29-31(24)19-10-6-3-7-11-19/h2-15,20-22,24-26H,1H3. The number of benzene rings is 3. The molecule has 0 aromatic heterocycles. The summed E-state index contributed by atoms with van der Waals surface area (Å²) in [6.45, 7) is 1.99. The van der Waals surface area contributed by atoms with Crippen molar-refractivity contribution in [3.05, 3.63) is 96.1 Å². The van der Waals surface area contributed by atoms with Gasteiger partial charge in [0.1, 0.15) is 0 Å². The molecule has 0 aliphatic carbocycles. The zero-order valence-corrected chi connectivity index (χ0v) is 18.6. The van der Waals surface area contributed by atoms with Crippen LogP contribution in [0.25, 0.3) is 0 Å². The smallest absolute Gasteiger partial charge is 0.240 e. The number of rotatable bonds is 3. The Morgan fingerprint density at radius 1 is 0.706 bits per heavy atom. The second-order valence-corrected chi connectivity index (χ2v) is 9.51. The van der Waals surface area contributed by atoms with E-state index in [2.05, 4.69) is 0 Å². The molecule has 0 spiro atoms. The fourth-order valence-corrected chi connectivity index (χ4v) is 6.23. The number of nitrogens with zero attached hydrogens (tertiary/aromatic N) is 3. The number of amides is 2. The maximum atomic E-state index is 13.6. The van der Waals surface area contributed by atoms with E-state index in [-0.39, 0.29) is 29.9 Å². The molecule has 0 radical (unpaired) electrons. The minimum Gasteiger partial charge on any atom is -0.370 e. The summed E-state index contributed by atoms with van der Waals surface area (Å²) in [4.78, 5) is 28.6. The maximum Gasteiger partial charge on any atom is 0.240 e. The van der Waals surface area contributed by atoms with Crippen LogP contribution in [0.1, 0.15) is 11.1 Å². The zero-order chi connectivity index (χ0) is 23.0. The molecule has 0 N–H and O–H groups in total. The Kier molecular flexibility index (Phi) is 4.12. The third-order valence-corrected chi connectivity index (χ3v) is 7.67. The van der Waals surface area contributed by atoms with E-state index in [1.54, 1.807) is 0 Å². The molecule has 3 fully saturated rings. The number of anilines is 2. The van der Waals surface area contributed by atoms with Gasteiger partial charge < -0.3 is 4.74 Å². The number of hydrogen-bond acceptors (Lipinski definition) is 5. The van der Waals surface area contributed by atoms with Gasteiger partial charge in [-0.25, -0.2) is 4.90 Å². The van der Waals surface area contributed by atoms with E-state index in [0.717, 1.165) is 22.5 Å². The summed E-state index contributed by atoms with van der Waals surface area (Å²) in [5, 5.41) is 7.07. The lowest BCUT2D eigenvalue weighted by Gasteiger charge is -2.32. The number of hydrogen-bond donors (Lipinski definition) is 0. The van der Waals surface area contributed by atoms with Gasteiger partial charge in [-0.1, -0.05) is 66.2 Å². The molecule has 6 unspecified atom stereocenters. The summed E-state index contributed by atoms with van der Waals surface area (Å²) in [7, 11) is 0. The van der Waals surface area contributed by atoms with Crippen LogP contribution in [0.2, 0.25) is 0 Å². The largest absolute Gasteiger partial charge is 0.370 e. The first-order valence-corrected chi connectivity index (χ1v) is 11.7. The van der Waals surface area contributed by atoms with E-state index in [1.165, 1.54) is 4.90 Å². The summed E-state index contributed by atoms with van der Waals surface area (Å²) in [5.74, 6) is -1.37. The molecule has 2 amide bonds. The molecule has 7 rings (SSSR count). The van der Waals surface area contributed by atoms with Crippen molar-refractivity contribution < 1.29 is 14.3 Å². The van der Waals surface area contributed by atoms with Gasteiger partial charge >= 0.3 is 0 Å². The Morgan fingerprint density at radius 3 is 2.00 bits per heavy atom. The number of aryl methyl sites for hydroxylation is 1. The van der Waals surface area contributed by atoms with Gasteiger partial charge in [0, 0.05) is 0 Å². The summed E-state index contributed by atoms with van der Waals surface area (Å²) < 4.78 is 6.46. The second-order valence-electron chi connectivity index (χ2n) is 9.51. The predicted octanol–water partition coefficient (Wildman–Crippen LogP) is 3.79. The molecule has 2 bridgehead atoms. The molecular formula is C28H23N3O3. The molecule has 3 aromatic rings. The van der Waals surface area contributed by atoms with E-state index in [4.69, 9.17) is 9.84 Å². The number of fused-ring (bicyclic) bond motifs is 8. The molecular weight excluding hydrogens is 426 g/mol. The van der Waals surface area contributed by atoms with E-state index in [9.17, 15) is 9.59 Å². The highest BCUT2D eigenvalue weighted by molar-refractivity contribution is 6.23. The van der Waals surface area contributed by atoms with Gasteiger partial charge in [-0.2, -0.15) is 5.10 Å². The average Bonchev–Trinajstić information content (AvgIpc) is 3.60. The molecule has 4 heterocycles. The molecule has 6 atom stereocenters. The molecule has 4 aliphatic heterocycles. The molecule has 3 saturated heterocycles. The normalized spacial score (nSPS) is 31.1. The summed E-state index contributed by atoms with van der Waals surface area (Å²) >= 11 is 0. The maximum absolute atomic E-state index is 13.6. The SMILES string of the molecule is Cc1ccc(N2C(=O)C3C4OC(C3C2=O)C2C4C(c3ccccc3)=NN2c2ccccc2)cc1. The van der Waals surface area contributed by atoms with Crippen LogP contribution >= 0.6 is 0 Å². The first-order valence-electron chi connectivity index (χ1n) is 11.7. The van der Waals surface area contributed by atoms with Gasteiger partial charge in [-0.15, -0.1) is 0 Å². The lowest BCUT2D eigenvalue weighted by atomic mass is 9.70. The van der Waals surface area contributed by atoms with Crippen molar-refractivity contribution in [1.29, 1.82) is 0 Å². The molecule has 4 aliphatic rings. The summed E-state index contributed by atoms with van der Waals surface area (Å²) in [6, 6.07) is 27.5. The number of imide groups is 1. The van der Waals surface area contributed by atoms with Crippen LogP contribution in [0, 0.1) is 24.7 Å². The van der Waals surface area contributed by atoms with Crippen LogP contribution in [0.4, 0.5) is 11.4 Å². The van der Waals surface area contributed by atoms with Gasteiger partial charge in [-0.05, 0) is 36.8 Å². The molecule has 34 heavy (non-hydrogen) atoms. The third kappa shape index (κ3) is 2.57. The third-order valence-electron chi connectivity index (χ3n) is 7.67.